The number of halogens is 6. The number of benzene rings is 2. The minimum Gasteiger partial charge on any atom is -0.236 e. The third kappa shape index (κ3) is 3.71. The van der Waals surface area contributed by atoms with Gasteiger partial charge in [-0.25, -0.2) is 4.85 Å². The Labute approximate surface area is 173 Å². The Morgan fingerprint density at radius 2 is 1.57 bits per heavy atom. The molecule has 0 radical (unpaired) electrons. The fraction of sp³-hybridized carbons (Fsp3) is 0.0667. The molecule has 2 aromatic rings. The van der Waals surface area contributed by atoms with Crippen molar-refractivity contribution in [2.75, 3.05) is 0 Å². The standard InChI is InChI=1S/C15H4Br3Cl3N2/c1-23-15-8(12(19)13(20)9(5-22)14(15)21)4-7-10(17)2-6(16)3-11(7)18/h2-3H,4H2. The Kier molecular flexibility index (Phi) is 6.42. The van der Waals surface area contributed by atoms with E-state index in [0.29, 0.717) is 12.0 Å². The van der Waals surface area contributed by atoms with Crippen LogP contribution in [0, 0.1) is 17.9 Å². The second-order valence-corrected chi connectivity index (χ2v) is 8.15. The molecule has 0 amide bonds. The van der Waals surface area contributed by atoms with Gasteiger partial charge in [0.2, 0.25) is 5.69 Å². The van der Waals surface area contributed by atoms with Gasteiger partial charge < -0.3 is 0 Å². The quantitative estimate of drug-likeness (QED) is 0.272. The number of rotatable bonds is 2. The summed E-state index contributed by atoms with van der Waals surface area (Å²) in [6.45, 7) is 7.37. The van der Waals surface area contributed by atoms with E-state index in [1.54, 1.807) is 0 Å². The maximum Gasteiger partial charge on any atom is 0.211 e. The average molecular weight is 558 g/mol. The summed E-state index contributed by atoms with van der Waals surface area (Å²) in [6.07, 6.45) is 0.330. The van der Waals surface area contributed by atoms with Crippen molar-refractivity contribution >= 4 is 88.3 Å². The molecular weight excluding hydrogens is 554 g/mol. The van der Waals surface area contributed by atoms with Gasteiger partial charge >= 0.3 is 0 Å². The van der Waals surface area contributed by atoms with Crippen LogP contribution in [0.25, 0.3) is 4.85 Å². The summed E-state index contributed by atoms with van der Waals surface area (Å²) in [5, 5.41) is 9.39. The zero-order valence-corrected chi connectivity index (χ0v) is 18.0. The highest BCUT2D eigenvalue weighted by Crippen LogP contribution is 2.45. The highest BCUT2D eigenvalue weighted by atomic mass is 79.9. The van der Waals surface area contributed by atoms with Crippen molar-refractivity contribution in [3.05, 3.63) is 68.7 Å². The van der Waals surface area contributed by atoms with E-state index in [0.717, 1.165) is 19.0 Å². The molecule has 0 spiro atoms. The molecule has 116 valence electrons. The molecule has 0 aliphatic carbocycles. The Morgan fingerprint density at radius 3 is 2.04 bits per heavy atom. The molecule has 0 saturated carbocycles. The van der Waals surface area contributed by atoms with Gasteiger partial charge in [-0.05, 0) is 29.7 Å². The van der Waals surface area contributed by atoms with Crippen LogP contribution >= 0.6 is 82.6 Å². The van der Waals surface area contributed by atoms with Gasteiger partial charge in [0.25, 0.3) is 0 Å². The van der Waals surface area contributed by atoms with Gasteiger partial charge in [-0.15, -0.1) is 0 Å². The second-order valence-electron chi connectivity index (χ2n) is 4.39. The molecule has 0 fully saturated rings. The van der Waals surface area contributed by atoms with Gasteiger partial charge in [-0.1, -0.05) is 82.6 Å². The summed E-state index contributed by atoms with van der Waals surface area (Å²) in [7, 11) is 0. The number of hydrogen-bond acceptors (Lipinski definition) is 1. The second kappa shape index (κ2) is 7.74. The van der Waals surface area contributed by atoms with Gasteiger partial charge in [0.05, 0.1) is 27.2 Å². The normalized spacial score (nSPS) is 10.3. The third-order valence-electron chi connectivity index (χ3n) is 3.07. The van der Waals surface area contributed by atoms with E-state index in [-0.39, 0.29) is 26.3 Å². The van der Waals surface area contributed by atoms with Crippen LogP contribution in [-0.2, 0) is 6.42 Å². The maximum atomic E-state index is 9.14. The Hall–Kier alpha value is -0.270. The molecule has 2 nitrogen and oxygen atoms in total. The van der Waals surface area contributed by atoms with Crippen LogP contribution in [0.3, 0.4) is 0 Å². The highest BCUT2D eigenvalue weighted by Gasteiger charge is 2.22. The third-order valence-corrected chi connectivity index (χ3v) is 6.21. The molecule has 23 heavy (non-hydrogen) atoms. The molecule has 2 rings (SSSR count). The minimum atomic E-state index is 0.0158. The molecule has 0 bridgehead atoms. The van der Waals surface area contributed by atoms with E-state index in [1.807, 2.05) is 18.2 Å². The summed E-state index contributed by atoms with van der Waals surface area (Å²) >= 11 is 29.0. The molecule has 0 unspecified atom stereocenters. The van der Waals surface area contributed by atoms with Crippen LogP contribution in [0.4, 0.5) is 5.69 Å². The maximum absolute atomic E-state index is 9.14. The lowest BCUT2D eigenvalue weighted by Gasteiger charge is -2.14. The van der Waals surface area contributed by atoms with Gasteiger partial charge in [-0.3, -0.25) is 0 Å². The first kappa shape index (κ1) is 19.1. The predicted molar refractivity (Wildman–Crippen MR) is 105 cm³/mol. The van der Waals surface area contributed by atoms with Crippen LogP contribution < -0.4 is 0 Å². The number of nitrogens with zero attached hydrogens (tertiary/aromatic N) is 2. The SMILES string of the molecule is [C-]#[N+]c1c(Cl)c(C#N)c(Cl)c(Cl)c1Cc1c(Br)cc(Br)cc1Br. The van der Waals surface area contributed by atoms with Crippen molar-refractivity contribution in [3.8, 4) is 6.07 Å². The van der Waals surface area contributed by atoms with E-state index in [4.69, 9.17) is 46.6 Å². The first-order valence-electron chi connectivity index (χ1n) is 5.92. The first-order chi connectivity index (χ1) is 10.8. The summed E-state index contributed by atoms with van der Waals surface area (Å²) in [6, 6.07) is 5.66. The molecule has 2 aromatic carbocycles. The fourth-order valence-electron chi connectivity index (χ4n) is 1.99. The monoisotopic (exact) mass is 554 g/mol. The minimum absolute atomic E-state index is 0.0158. The van der Waals surface area contributed by atoms with Crippen molar-refractivity contribution in [2.45, 2.75) is 6.42 Å². The summed E-state index contributed by atoms with van der Waals surface area (Å²) in [5.41, 5.74) is 1.53. The van der Waals surface area contributed by atoms with Crippen molar-refractivity contribution < 1.29 is 0 Å². The van der Waals surface area contributed by atoms with Crippen LogP contribution in [-0.4, -0.2) is 0 Å². The zero-order chi connectivity index (χ0) is 17.3. The van der Waals surface area contributed by atoms with E-state index in [1.165, 1.54) is 0 Å². The van der Waals surface area contributed by atoms with Gasteiger partial charge in [0, 0.05) is 13.4 Å². The van der Waals surface area contributed by atoms with Crippen molar-refractivity contribution in [2.24, 2.45) is 0 Å². The van der Waals surface area contributed by atoms with Gasteiger partial charge in [0.1, 0.15) is 6.07 Å². The summed E-state index contributed by atoms with van der Waals surface area (Å²) in [5.74, 6) is 0. The lowest BCUT2D eigenvalue weighted by atomic mass is 10.0. The summed E-state index contributed by atoms with van der Waals surface area (Å²) < 4.78 is 2.57. The van der Waals surface area contributed by atoms with Crippen molar-refractivity contribution in [1.29, 1.82) is 5.26 Å². The van der Waals surface area contributed by atoms with Crippen LogP contribution in [0.5, 0.6) is 0 Å². The molecule has 8 heteroatoms. The van der Waals surface area contributed by atoms with E-state index in [9.17, 15) is 0 Å². The first-order valence-corrected chi connectivity index (χ1v) is 9.43. The molecule has 0 heterocycles. The Morgan fingerprint density at radius 1 is 1.00 bits per heavy atom. The molecule has 0 aromatic heterocycles. The summed E-state index contributed by atoms with van der Waals surface area (Å²) in [4.78, 5) is 3.44. The van der Waals surface area contributed by atoms with Crippen molar-refractivity contribution in [3.63, 3.8) is 0 Å². The highest BCUT2D eigenvalue weighted by molar-refractivity contribution is 9.11. The fourth-order valence-corrected chi connectivity index (χ4v) is 5.37. The smallest absolute Gasteiger partial charge is 0.211 e. The molecule has 0 N–H and O–H groups in total. The Balaban J connectivity index is 2.72. The van der Waals surface area contributed by atoms with Crippen LogP contribution in [0.2, 0.25) is 15.1 Å². The van der Waals surface area contributed by atoms with E-state index in [2.05, 4.69) is 52.6 Å². The van der Waals surface area contributed by atoms with E-state index >= 15 is 0 Å². The van der Waals surface area contributed by atoms with Crippen molar-refractivity contribution in [1.82, 2.24) is 0 Å². The van der Waals surface area contributed by atoms with E-state index < -0.39 is 0 Å². The molecule has 0 atom stereocenters. The topological polar surface area (TPSA) is 28.1 Å². The lowest BCUT2D eigenvalue weighted by molar-refractivity contribution is 1.17. The number of nitriles is 1. The predicted octanol–water partition coefficient (Wildman–Crippen LogP) is 7.95. The Bertz CT molecular complexity index is 876. The molecule has 0 aliphatic rings. The van der Waals surface area contributed by atoms with Gasteiger partial charge in [0.15, 0.2) is 0 Å². The van der Waals surface area contributed by atoms with Crippen LogP contribution in [0.1, 0.15) is 16.7 Å². The largest absolute Gasteiger partial charge is 0.236 e. The van der Waals surface area contributed by atoms with Crippen LogP contribution in [0.15, 0.2) is 25.6 Å². The molecule has 0 aliphatic heterocycles. The number of hydrogen-bond donors (Lipinski definition) is 0. The van der Waals surface area contributed by atoms with Gasteiger partial charge in [-0.2, -0.15) is 5.26 Å². The lowest BCUT2D eigenvalue weighted by Crippen LogP contribution is -1.96. The molecular formula is C15H4Br3Cl3N2. The molecule has 0 saturated heterocycles. The average Bonchev–Trinajstić information content (AvgIpc) is 2.48. The zero-order valence-electron chi connectivity index (χ0n) is 11.0.